The summed E-state index contributed by atoms with van der Waals surface area (Å²) < 4.78 is 26.1. The minimum absolute atomic E-state index is 0.105. The number of carbonyl (C=O) groups is 2. The lowest BCUT2D eigenvalue weighted by molar-refractivity contribution is -0.141. The normalized spacial score (nSPS) is 25.1. The molecule has 3 aliphatic heterocycles. The van der Waals surface area contributed by atoms with Gasteiger partial charge >= 0.3 is 6.09 Å². The molecule has 3 aliphatic rings. The SMILES string of the molecule is O=C1O[C@]2(CCN(C(=O)C3(c4ccccc4F)CCOCC3)C2)CN1c1ccccc1. The van der Waals surface area contributed by atoms with Gasteiger partial charge in [-0.25, -0.2) is 9.18 Å². The van der Waals surface area contributed by atoms with E-state index in [9.17, 15) is 14.0 Å². The number of para-hydroxylation sites is 1. The molecule has 0 radical (unpaired) electrons. The molecule has 1 spiro atoms. The largest absolute Gasteiger partial charge is 0.439 e. The van der Waals surface area contributed by atoms with E-state index in [0.717, 1.165) is 5.69 Å². The zero-order chi connectivity index (χ0) is 21.5. The van der Waals surface area contributed by atoms with Crippen molar-refractivity contribution < 1.29 is 23.5 Å². The van der Waals surface area contributed by atoms with Crippen molar-refractivity contribution in [3.63, 3.8) is 0 Å². The number of hydrogen-bond donors (Lipinski definition) is 0. The second-order valence-electron chi connectivity index (χ2n) is 8.62. The quantitative estimate of drug-likeness (QED) is 0.757. The number of likely N-dealkylation sites (tertiary alicyclic amines) is 1. The zero-order valence-corrected chi connectivity index (χ0v) is 17.3. The van der Waals surface area contributed by atoms with Crippen molar-refractivity contribution in [2.24, 2.45) is 0 Å². The average molecular weight is 424 g/mol. The molecule has 3 fully saturated rings. The van der Waals surface area contributed by atoms with Crippen molar-refractivity contribution in [1.29, 1.82) is 0 Å². The first kappa shape index (κ1) is 20.0. The van der Waals surface area contributed by atoms with Gasteiger partial charge in [0.25, 0.3) is 0 Å². The molecule has 0 bridgehead atoms. The van der Waals surface area contributed by atoms with E-state index >= 15 is 0 Å². The summed E-state index contributed by atoms with van der Waals surface area (Å²) in [5, 5.41) is 0. The van der Waals surface area contributed by atoms with Crippen LogP contribution in [0.2, 0.25) is 0 Å². The van der Waals surface area contributed by atoms with Gasteiger partial charge in [-0.1, -0.05) is 36.4 Å². The predicted molar refractivity (Wildman–Crippen MR) is 112 cm³/mol. The fourth-order valence-electron chi connectivity index (χ4n) is 5.13. The molecule has 1 atom stereocenters. The highest BCUT2D eigenvalue weighted by Crippen LogP contribution is 2.41. The van der Waals surface area contributed by atoms with Gasteiger partial charge in [0.05, 0.1) is 18.5 Å². The number of halogens is 1. The molecule has 2 aromatic carbocycles. The average Bonchev–Trinajstić information content (AvgIpc) is 3.37. The molecule has 2 amide bonds. The molecule has 162 valence electrons. The molecule has 3 heterocycles. The van der Waals surface area contributed by atoms with Crippen LogP contribution in [0.1, 0.15) is 24.8 Å². The molecule has 0 saturated carbocycles. The van der Waals surface area contributed by atoms with Crippen molar-refractivity contribution in [3.05, 3.63) is 66.0 Å². The second kappa shape index (κ2) is 7.64. The Morgan fingerprint density at radius 2 is 1.65 bits per heavy atom. The molecule has 0 aliphatic carbocycles. The van der Waals surface area contributed by atoms with E-state index in [4.69, 9.17) is 9.47 Å². The Labute approximate surface area is 180 Å². The van der Waals surface area contributed by atoms with Gasteiger partial charge in [-0.05, 0) is 31.0 Å². The number of anilines is 1. The monoisotopic (exact) mass is 424 g/mol. The topological polar surface area (TPSA) is 59.1 Å². The van der Waals surface area contributed by atoms with Crippen LogP contribution in [0, 0.1) is 5.82 Å². The van der Waals surface area contributed by atoms with E-state index in [1.54, 1.807) is 28.0 Å². The number of rotatable bonds is 3. The van der Waals surface area contributed by atoms with E-state index in [-0.39, 0.29) is 11.7 Å². The number of hydrogen-bond acceptors (Lipinski definition) is 4. The Morgan fingerprint density at radius 1 is 0.935 bits per heavy atom. The lowest BCUT2D eigenvalue weighted by Crippen LogP contribution is -2.51. The molecule has 5 rings (SSSR count). The van der Waals surface area contributed by atoms with Gasteiger partial charge in [0.15, 0.2) is 5.60 Å². The summed E-state index contributed by atoms with van der Waals surface area (Å²) in [5.74, 6) is -0.471. The summed E-state index contributed by atoms with van der Waals surface area (Å²) in [5.41, 5.74) is -0.471. The fraction of sp³-hybridized carbons (Fsp3) is 0.417. The van der Waals surface area contributed by atoms with Gasteiger partial charge in [-0.2, -0.15) is 0 Å². The highest BCUT2D eigenvalue weighted by Gasteiger charge is 2.54. The van der Waals surface area contributed by atoms with E-state index in [1.807, 2.05) is 30.3 Å². The predicted octanol–water partition coefficient (Wildman–Crippen LogP) is 3.50. The lowest BCUT2D eigenvalue weighted by atomic mass is 9.72. The molecule has 31 heavy (non-hydrogen) atoms. The summed E-state index contributed by atoms with van der Waals surface area (Å²) in [6.45, 7) is 2.02. The summed E-state index contributed by atoms with van der Waals surface area (Å²) >= 11 is 0. The molecular formula is C24H25FN2O4. The van der Waals surface area contributed by atoms with Crippen molar-refractivity contribution in [2.75, 3.05) is 37.7 Å². The third-order valence-corrected chi connectivity index (χ3v) is 6.79. The Hall–Kier alpha value is -2.93. The first-order valence-corrected chi connectivity index (χ1v) is 10.7. The minimum atomic E-state index is -0.948. The van der Waals surface area contributed by atoms with Crippen LogP contribution in [0.5, 0.6) is 0 Å². The first-order valence-electron chi connectivity index (χ1n) is 10.7. The molecule has 0 N–H and O–H groups in total. The maximum atomic E-state index is 14.8. The van der Waals surface area contributed by atoms with E-state index < -0.39 is 17.1 Å². The zero-order valence-electron chi connectivity index (χ0n) is 17.3. The molecule has 0 unspecified atom stereocenters. The van der Waals surface area contributed by atoms with Crippen molar-refractivity contribution >= 4 is 17.7 Å². The first-order chi connectivity index (χ1) is 15.0. The number of nitrogens with zero attached hydrogens (tertiary/aromatic N) is 2. The molecule has 7 heteroatoms. The third-order valence-electron chi connectivity index (χ3n) is 6.79. The standard InChI is InChI=1S/C24H25FN2O4/c25-20-9-5-4-8-19(20)24(11-14-30-15-12-24)21(28)26-13-10-23(16-26)17-27(22(29)31-23)18-6-2-1-3-7-18/h1-9H,10-17H2/t23-/m0/s1. The molecule has 6 nitrogen and oxygen atoms in total. The van der Waals surface area contributed by atoms with Crippen LogP contribution >= 0.6 is 0 Å². The van der Waals surface area contributed by atoms with Crippen LogP contribution in [-0.2, 0) is 19.7 Å². The molecule has 0 aromatic heterocycles. The number of benzene rings is 2. The van der Waals surface area contributed by atoms with E-state index in [1.165, 1.54) is 6.07 Å². The summed E-state index contributed by atoms with van der Waals surface area (Å²) in [6.07, 6.45) is 1.05. The van der Waals surface area contributed by atoms with Crippen molar-refractivity contribution in [3.8, 4) is 0 Å². The van der Waals surface area contributed by atoms with Gasteiger partial charge in [0.2, 0.25) is 5.91 Å². The number of ether oxygens (including phenoxy) is 2. The summed E-state index contributed by atoms with van der Waals surface area (Å²) in [6, 6.07) is 15.9. The van der Waals surface area contributed by atoms with Gasteiger partial charge in [0, 0.05) is 37.4 Å². The van der Waals surface area contributed by atoms with Crippen molar-refractivity contribution in [1.82, 2.24) is 4.90 Å². The van der Waals surface area contributed by atoms with Crippen LogP contribution in [-0.4, -0.2) is 55.3 Å². The van der Waals surface area contributed by atoms with Gasteiger partial charge < -0.3 is 14.4 Å². The van der Waals surface area contributed by atoms with E-state index in [2.05, 4.69) is 0 Å². The Kier molecular flexibility index (Phi) is 4.93. The number of carbonyl (C=O) groups excluding carboxylic acids is 2. The Balaban J connectivity index is 1.39. The van der Waals surface area contributed by atoms with Crippen LogP contribution < -0.4 is 4.90 Å². The molecule has 2 aromatic rings. The second-order valence-corrected chi connectivity index (χ2v) is 8.62. The molecule has 3 saturated heterocycles. The van der Waals surface area contributed by atoms with Gasteiger partial charge in [-0.15, -0.1) is 0 Å². The maximum Gasteiger partial charge on any atom is 0.415 e. The van der Waals surface area contributed by atoms with E-state index in [0.29, 0.717) is 57.7 Å². The summed E-state index contributed by atoms with van der Waals surface area (Å²) in [7, 11) is 0. The fourth-order valence-corrected chi connectivity index (χ4v) is 5.13. The number of amides is 2. The summed E-state index contributed by atoms with van der Waals surface area (Å²) in [4.78, 5) is 29.7. The Bertz CT molecular complexity index is 992. The van der Waals surface area contributed by atoms with Crippen LogP contribution in [0.4, 0.5) is 14.9 Å². The Morgan fingerprint density at radius 3 is 2.39 bits per heavy atom. The van der Waals surface area contributed by atoms with Gasteiger partial charge in [0.1, 0.15) is 5.82 Å². The smallest absolute Gasteiger partial charge is 0.415 e. The highest BCUT2D eigenvalue weighted by atomic mass is 19.1. The lowest BCUT2D eigenvalue weighted by Gasteiger charge is -2.39. The highest BCUT2D eigenvalue weighted by molar-refractivity contribution is 5.91. The van der Waals surface area contributed by atoms with Crippen LogP contribution in [0.25, 0.3) is 0 Å². The molecular weight excluding hydrogens is 399 g/mol. The minimum Gasteiger partial charge on any atom is -0.439 e. The van der Waals surface area contributed by atoms with Crippen LogP contribution in [0.15, 0.2) is 54.6 Å². The maximum absolute atomic E-state index is 14.8. The third kappa shape index (κ3) is 3.37. The van der Waals surface area contributed by atoms with Crippen LogP contribution in [0.3, 0.4) is 0 Å². The van der Waals surface area contributed by atoms with Gasteiger partial charge in [-0.3, -0.25) is 9.69 Å². The van der Waals surface area contributed by atoms with Crippen molar-refractivity contribution in [2.45, 2.75) is 30.3 Å².